The van der Waals surface area contributed by atoms with Crippen molar-refractivity contribution in [1.29, 1.82) is 0 Å². The second-order valence-electron chi connectivity index (χ2n) is 9.43. The molecule has 44 heavy (non-hydrogen) atoms. The Balaban J connectivity index is 0.000000379. The van der Waals surface area contributed by atoms with Crippen LogP contribution in [0.1, 0.15) is 36.8 Å². The molecular formula is C25H28F9N3O7. The molecule has 10 nitrogen and oxygen atoms in total. The number of nitrogens with zero attached hydrogens (tertiary/aromatic N) is 3. The second kappa shape index (κ2) is 16.3. The van der Waals surface area contributed by atoms with Gasteiger partial charge in [0.15, 0.2) is 0 Å². The highest BCUT2D eigenvalue weighted by Gasteiger charge is 2.43. The van der Waals surface area contributed by atoms with E-state index in [1.807, 2.05) is 24.7 Å². The number of rotatable bonds is 4. The van der Waals surface area contributed by atoms with Crippen molar-refractivity contribution in [1.82, 2.24) is 14.8 Å². The highest BCUT2D eigenvalue weighted by Crippen LogP contribution is 2.39. The van der Waals surface area contributed by atoms with E-state index in [0.29, 0.717) is 5.54 Å². The van der Waals surface area contributed by atoms with E-state index >= 15 is 0 Å². The van der Waals surface area contributed by atoms with E-state index in [1.165, 1.54) is 56.4 Å². The minimum absolute atomic E-state index is 0.419. The molecule has 2 aromatic rings. The predicted octanol–water partition coefficient (Wildman–Crippen LogP) is 5.21. The third kappa shape index (κ3) is 13.6. The molecule has 2 aliphatic heterocycles. The maximum Gasteiger partial charge on any atom is 0.490 e. The number of alkyl halides is 9. The van der Waals surface area contributed by atoms with Crippen LogP contribution in [0.15, 0.2) is 47.5 Å². The Hall–Kier alpha value is -3.87. The standard InChI is InChI=1S/C19H25N3O.3C2HF3O2/c1-3-17(13-20-8-1)15-22-9-2-5-19(22)6-10-21(11-7-19)14-18-4-12-23-16-18;3*3-2(4,5)1(6)7/h1,3-4,8,12-13,16H,2,5-7,9-11,14-15H2;3*(H,6,7). The van der Waals surface area contributed by atoms with Gasteiger partial charge in [0.05, 0.1) is 12.5 Å². The molecule has 2 saturated heterocycles. The van der Waals surface area contributed by atoms with Crippen molar-refractivity contribution >= 4 is 17.9 Å². The van der Waals surface area contributed by atoms with Crippen LogP contribution < -0.4 is 0 Å². The summed E-state index contributed by atoms with van der Waals surface area (Å²) < 4.78 is 100. The molecule has 1 spiro atoms. The molecule has 0 saturated carbocycles. The van der Waals surface area contributed by atoms with Gasteiger partial charge in [0.2, 0.25) is 0 Å². The topological polar surface area (TPSA) is 144 Å². The third-order valence-electron chi connectivity index (χ3n) is 6.34. The van der Waals surface area contributed by atoms with Gasteiger partial charge in [-0.25, -0.2) is 14.4 Å². The first-order chi connectivity index (χ1) is 20.2. The predicted molar refractivity (Wildman–Crippen MR) is 131 cm³/mol. The fraction of sp³-hybridized carbons (Fsp3) is 0.520. The first-order valence-corrected chi connectivity index (χ1v) is 12.4. The zero-order chi connectivity index (χ0) is 33.8. The van der Waals surface area contributed by atoms with Crippen LogP contribution in [0, 0.1) is 0 Å². The summed E-state index contributed by atoms with van der Waals surface area (Å²) in [4.78, 5) is 36.2. The molecular weight excluding hydrogens is 625 g/mol. The number of hydrogen-bond acceptors (Lipinski definition) is 7. The first kappa shape index (κ1) is 38.2. The summed E-state index contributed by atoms with van der Waals surface area (Å²) in [6, 6.07) is 6.33. The summed E-state index contributed by atoms with van der Waals surface area (Å²) in [5.41, 5.74) is 3.05. The Bertz CT molecular complexity index is 1110. The van der Waals surface area contributed by atoms with Gasteiger partial charge in [0.25, 0.3) is 0 Å². The summed E-state index contributed by atoms with van der Waals surface area (Å²) in [5, 5.41) is 21.4. The van der Waals surface area contributed by atoms with Gasteiger partial charge < -0.3 is 19.7 Å². The van der Waals surface area contributed by atoms with Gasteiger partial charge in [-0.05, 0) is 49.9 Å². The molecule has 4 heterocycles. The van der Waals surface area contributed by atoms with E-state index < -0.39 is 36.4 Å². The van der Waals surface area contributed by atoms with E-state index in [-0.39, 0.29) is 0 Å². The van der Waals surface area contributed by atoms with Crippen LogP contribution >= 0.6 is 0 Å². The zero-order valence-corrected chi connectivity index (χ0v) is 22.6. The number of likely N-dealkylation sites (tertiary alicyclic amines) is 2. The number of piperidine rings is 1. The number of hydrogen-bond donors (Lipinski definition) is 3. The number of aromatic nitrogens is 1. The molecule has 4 rings (SSSR count). The third-order valence-corrected chi connectivity index (χ3v) is 6.34. The number of pyridine rings is 1. The van der Waals surface area contributed by atoms with E-state index in [2.05, 4.69) is 26.9 Å². The van der Waals surface area contributed by atoms with Crippen LogP contribution in [-0.2, 0) is 27.5 Å². The summed E-state index contributed by atoms with van der Waals surface area (Å²) in [5.74, 6) is -8.27. The van der Waals surface area contributed by atoms with E-state index in [1.54, 1.807) is 6.26 Å². The monoisotopic (exact) mass is 653 g/mol. The number of carboxylic acids is 3. The Morgan fingerprint density at radius 1 is 0.773 bits per heavy atom. The van der Waals surface area contributed by atoms with Crippen molar-refractivity contribution in [2.24, 2.45) is 0 Å². The summed E-state index contributed by atoms with van der Waals surface area (Å²) >= 11 is 0. The van der Waals surface area contributed by atoms with Gasteiger partial charge in [-0.2, -0.15) is 39.5 Å². The number of aliphatic carboxylic acids is 3. The van der Waals surface area contributed by atoms with Crippen LogP contribution in [0.3, 0.4) is 0 Å². The molecule has 0 atom stereocenters. The molecule has 3 N–H and O–H groups in total. The van der Waals surface area contributed by atoms with Crippen molar-refractivity contribution in [2.75, 3.05) is 19.6 Å². The molecule has 2 aliphatic rings. The maximum atomic E-state index is 10.6. The van der Waals surface area contributed by atoms with Gasteiger partial charge in [0.1, 0.15) is 0 Å². The molecule has 2 fully saturated rings. The van der Waals surface area contributed by atoms with Crippen LogP contribution in [0.4, 0.5) is 39.5 Å². The lowest BCUT2D eigenvalue weighted by Crippen LogP contribution is -2.51. The Labute approximate surface area is 243 Å². The molecule has 0 aromatic carbocycles. The summed E-state index contributed by atoms with van der Waals surface area (Å²) in [7, 11) is 0. The number of carboxylic acid groups (broad SMARTS) is 3. The Morgan fingerprint density at radius 3 is 1.66 bits per heavy atom. The minimum atomic E-state index is -5.08. The number of furan rings is 1. The molecule has 0 amide bonds. The van der Waals surface area contributed by atoms with Gasteiger partial charge in [-0.15, -0.1) is 0 Å². The van der Waals surface area contributed by atoms with Gasteiger partial charge in [-0.3, -0.25) is 14.8 Å². The lowest BCUT2D eigenvalue weighted by Gasteiger charge is -2.45. The number of carbonyl (C=O) groups is 3. The van der Waals surface area contributed by atoms with Crippen molar-refractivity contribution < 1.29 is 73.6 Å². The molecule has 0 unspecified atom stereocenters. The maximum absolute atomic E-state index is 10.6. The molecule has 0 radical (unpaired) electrons. The SMILES string of the molecule is O=C(O)C(F)(F)F.O=C(O)C(F)(F)F.O=C(O)C(F)(F)F.c1cncc(CN2CCCC23CCN(Cc2ccoc2)CC3)c1. The molecule has 0 bridgehead atoms. The Morgan fingerprint density at radius 2 is 1.27 bits per heavy atom. The quantitative estimate of drug-likeness (QED) is 0.377. The van der Waals surface area contributed by atoms with Gasteiger partial charge in [0, 0.05) is 49.7 Å². The molecule has 2 aromatic heterocycles. The van der Waals surface area contributed by atoms with Gasteiger partial charge in [-0.1, -0.05) is 6.07 Å². The fourth-order valence-electron chi connectivity index (χ4n) is 4.29. The molecule has 0 aliphatic carbocycles. The molecule has 248 valence electrons. The lowest BCUT2D eigenvalue weighted by atomic mass is 9.84. The van der Waals surface area contributed by atoms with Crippen LogP contribution in [0.5, 0.6) is 0 Å². The van der Waals surface area contributed by atoms with E-state index in [0.717, 1.165) is 13.1 Å². The fourth-order valence-corrected chi connectivity index (χ4v) is 4.29. The average Bonchev–Trinajstić information content (AvgIpc) is 3.56. The van der Waals surface area contributed by atoms with Crippen LogP contribution in [-0.4, -0.2) is 91.7 Å². The van der Waals surface area contributed by atoms with Crippen molar-refractivity contribution in [3.63, 3.8) is 0 Å². The second-order valence-corrected chi connectivity index (χ2v) is 9.43. The summed E-state index contributed by atoms with van der Waals surface area (Å²) in [6.45, 7) is 5.69. The van der Waals surface area contributed by atoms with Crippen LogP contribution in [0.25, 0.3) is 0 Å². The zero-order valence-electron chi connectivity index (χ0n) is 22.6. The Kier molecular flexibility index (Phi) is 14.1. The minimum Gasteiger partial charge on any atom is -0.475 e. The normalized spacial score (nSPS) is 16.8. The van der Waals surface area contributed by atoms with Crippen molar-refractivity contribution in [3.05, 3.63) is 54.2 Å². The first-order valence-electron chi connectivity index (χ1n) is 12.4. The lowest BCUT2D eigenvalue weighted by molar-refractivity contribution is -0.193. The smallest absolute Gasteiger partial charge is 0.475 e. The average molecular weight is 653 g/mol. The highest BCUT2D eigenvalue weighted by molar-refractivity contribution is 5.73. The van der Waals surface area contributed by atoms with Crippen LogP contribution in [0.2, 0.25) is 0 Å². The van der Waals surface area contributed by atoms with E-state index in [9.17, 15) is 39.5 Å². The largest absolute Gasteiger partial charge is 0.490 e. The van der Waals surface area contributed by atoms with E-state index in [4.69, 9.17) is 34.1 Å². The van der Waals surface area contributed by atoms with Crippen molar-refractivity contribution in [3.8, 4) is 0 Å². The number of halogens is 9. The summed E-state index contributed by atoms with van der Waals surface area (Å²) in [6.07, 6.45) is -2.48. The highest BCUT2D eigenvalue weighted by atomic mass is 19.4. The van der Waals surface area contributed by atoms with Gasteiger partial charge >= 0.3 is 36.4 Å². The van der Waals surface area contributed by atoms with Crippen molar-refractivity contribution in [2.45, 2.75) is 62.8 Å². The molecule has 19 heteroatoms.